The summed E-state index contributed by atoms with van der Waals surface area (Å²) in [6, 6.07) is 14.0. The molecular weight excluding hydrogens is 273 g/mol. The summed E-state index contributed by atoms with van der Waals surface area (Å²) in [7, 11) is 0. The molecule has 1 aromatic carbocycles. The van der Waals surface area contributed by atoms with Crippen LogP contribution in [0.2, 0.25) is 5.15 Å². The molecule has 0 aliphatic carbocycles. The van der Waals surface area contributed by atoms with Gasteiger partial charge < -0.3 is 0 Å². The largest absolute Gasteiger partial charge is 0.236 e. The van der Waals surface area contributed by atoms with E-state index in [4.69, 9.17) is 11.6 Å². The van der Waals surface area contributed by atoms with Crippen molar-refractivity contribution in [3.05, 3.63) is 53.2 Å². The molecule has 0 unspecified atom stereocenters. The van der Waals surface area contributed by atoms with Crippen LogP contribution in [0, 0.1) is 0 Å². The van der Waals surface area contributed by atoms with Gasteiger partial charge in [0.1, 0.15) is 5.15 Å². The van der Waals surface area contributed by atoms with Gasteiger partial charge in [-0.3, -0.25) is 0 Å². The number of aromatic nitrogens is 1. The molecule has 0 aliphatic rings. The molecule has 0 fully saturated rings. The minimum absolute atomic E-state index is 0.563. The Balaban J connectivity index is 2.43. The summed E-state index contributed by atoms with van der Waals surface area (Å²) in [5.41, 5.74) is 3.00. The van der Waals surface area contributed by atoms with Crippen molar-refractivity contribution in [3.8, 4) is 11.3 Å². The number of nitrogens with zero attached hydrogens (tertiary/aromatic N) is 1. The molecule has 0 aliphatic heterocycles. The third-order valence-electron chi connectivity index (χ3n) is 2.14. The maximum atomic E-state index is 6.04. The van der Waals surface area contributed by atoms with Crippen LogP contribution in [-0.2, 0) is 5.33 Å². The van der Waals surface area contributed by atoms with E-state index in [-0.39, 0.29) is 0 Å². The Labute approximate surface area is 102 Å². The summed E-state index contributed by atoms with van der Waals surface area (Å²) in [5.74, 6) is 0. The van der Waals surface area contributed by atoms with Gasteiger partial charge in [-0.2, -0.15) is 0 Å². The summed E-state index contributed by atoms with van der Waals surface area (Å²) in [4.78, 5) is 4.35. The van der Waals surface area contributed by atoms with E-state index in [1.165, 1.54) is 0 Å². The molecule has 2 rings (SSSR count). The number of pyridine rings is 1. The first-order valence-electron chi connectivity index (χ1n) is 4.58. The van der Waals surface area contributed by atoms with Crippen molar-refractivity contribution >= 4 is 27.5 Å². The van der Waals surface area contributed by atoms with Crippen molar-refractivity contribution in [2.75, 3.05) is 0 Å². The van der Waals surface area contributed by atoms with Gasteiger partial charge in [0.15, 0.2) is 0 Å². The number of halogens is 2. The van der Waals surface area contributed by atoms with E-state index >= 15 is 0 Å². The standard InChI is InChI=1S/C12H9BrClN/c13-8-10-6-7-11(15-12(10)14)9-4-2-1-3-5-9/h1-7H,8H2. The van der Waals surface area contributed by atoms with Crippen molar-refractivity contribution in [3.63, 3.8) is 0 Å². The van der Waals surface area contributed by atoms with E-state index in [1.807, 2.05) is 42.5 Å². The smallest absolute Gasteiger partial charge is 0.133 e. The highest BCUT2D eigenvalue weighted by atomic mass is 79.9. The number of alkyl halides is 1. The molecule has 0 atom stereocenters. The Morgan fingerprint density at radius 1 is 1.07 bits per heavy atom. The average molecular weight is 283 g/mol. The molecule has 0 amide bonds. The van der Waals surface area contributed by atoms with E-state index in [9.17, 15) is 0 Å². The van der Waals surface area contributed by atoms with Crippen molar-refractivity contribution in [2.45, 2.75) is 5.33 Å². The van der Waals surface area contributed by atoms with Crippen LogP contribution in [0.4, 0.5) is 0 Å². The monoisotopic (exact) mass is 281 g/mol. The minimum atomic E-state index is 0.563. The van der Waals surface area contributed by atoms with E-state index in [0.29, 0.717) is 5.15 Å². The van der Waals surface area contributed by atoms with E-state index in [0.717, 1.165) is 22.2 Å². The summed E-state index contributed by atoms with van der Waals surface area (Å²) in [6.45, 7) is 0. The molecule has 1 heterocycles. The molecular formula is C12H9BrClN. The maximum Gasteiger partial charge on any atom is 0.133 e. The predicted octanol–water partition coefficient (Wildman–Crippen LogP) is 4.30. The molecule has 76 valence electrons. The molecule has 0 saturated heterocycles. The molecule has 0 bridgehead atoms. The van der Waals surface area contributed by atoms with Crippen LogP contribution in [0.25, 0.3) is 11.3 Å². The molecule has 15 heavy (non-hydrogen) atoms. The summed E-state index contributed by atoms with van der Waals surface area (Å²) in [6.07, 6.45) is 0. The fourth-order valence-electron chi connectivity index (χ4n) is 1.33. The van der Waals surface area contributed by atoms with Crippen molar-refractivity contribution in [2.24, 2.45) is 0 Å². The number of hydrogen-bond acceptors (Lipinski definition) is 1. The second-order valence-corrected chi connectivity index (χ2v) is 4.06. The quantitative estimate of drug-likeness (QED) is 0.591. The van der Waals surface area contributed by atoms with Crippen LogP contribution in [-0.4, -0.2) is 4.98 Å². The molecule has 3 heteroatoms. The van der Waals surface area contributed by atoms with Gasteiger partial charge in [0.25, 0.3) is 0 Å². The Kier molecular flexibility index (Phi) is 3.39. The van der Waals surface area contributed by atoms with Gasteiger partial charge in [-0.1, -0.05) is 63.9 Å². The second kappa shape index (κ2) is 4.77. The molecule has 1 nitrogen and oxygen atoms in total. The second-order valence-electron chi connectivity index (χ2n) is 3.15. The SMILES string of the molecule is Clc1nc(-c2ccccc2)ccc1CBr. The predicted molar refractivity (Wildman–Crippen MR) is 67.3 cm³/mol. The zero-order chi connectivity index (χ0) is 10.7. The average Bonchev–Trinajstić information content (AvgIpc) is 2.30. The van der Waals surface area contributed by atoms with Crippen LogP contribution in [0.1, 0.15) is 5.56 Å². The van der Waals surface area contributed by atoms with Gasteiger partial charge >= 0.3 is 0 Å². The lowest BCUT2D eigenvalue weighted by Crippen LogP contribution is -1.88. The fourth-order valence-corrected chi connectivity index (χ4v) is 2.17. The maximum absolute atomic E-state index is 6.04. The Morgan fingerprint density at radius 2 is 1.80 bits per heavy atom. The highest BCUT2D eigenvalue weighted by molar-refractivity contribution is 9.08. The Hall–Kier alpha value is -0.860. The van der Waals surface area contributed by atoms with E-state index < -0.39 is 0 Å². The van der Waals surface area contributed by atoms with Gasteiger partial charge in [-0.15, -0.1) is 0 Å². The first-order valence-corrected chi connectivity index (χ1v) is 6.08. The first-order chi connectivity index (χ1) is 7.31. The summed E-state index contributed by atoms with van der Waals surface area (Å²) in [5, 5.41) is 1.29. The summed E-state index contributed by atoms with van der Waals surface area (Å²) < 4.78 is 0. The van der Waals surface area contributed by atoms with Gasteiger partial charge in [0, 0.05) is 16.5 Å². The lowest BCUT2D eigenvalue weighted by atomic mass is 10.1. The van der Waals surface area contributed by atoms with E-state index in [1.54, 1.807) is 0 Å². The third kappa shape index (κ3) is 2.39. The first kappa shape index (κ1) is 10.7. The van der Waals surface area contributed by atoms with Gasteiger partial charge in [0.2, 0.25) is 0 Å². The number of rotatable bonds is 2. The molecule has 0 spiro atoms. The number of benzene rings is 1. The molecule has 0 saturated carbocycles. The highest BCUT2D eigenvalue weighted by Crippen LogP contribution is 2.22. The lowest BCUT2D eigenvalue weighted by Gasteiger charge is -2.03. The van der Waals surface area contributed by atoms with Crippen LogP contribution in [0.5, 0.6) is 0 Å². The fraction of sp³-hybridized carbons (Fsp3) is 0.0833. The van der Waals surface area contributed by atoms with Crippen molar-refractivity contribution in [1.82, 2.24) is 4.98 Å². The van der Waals surface area contributed by atoms with Crippen LogP contribution >= 0.6 is 27.5 Å². The molecule has 0 N–H and O–H groups in total. The minimum Gasteiger partial charge on any atom is -0.236 e. The molecule has 1 aromatic heterocycles. The normalized spacial score (nSPS) is 10.3. The molecule has 0 radical (unpaired) electrons. The lowest BCUT2D eigenvalue weighted by molar-refractivity contribution is 1.26. The zero-order valence-electron chi connectivity index (χ0n) is 7.95. The van der Waals surface area contributed by atoms with Crippen molar-refractivity contribution in [1.29, 1.82) is 0 Å². The van der Waals surface area contributed by atoms with E-state index in [2.05, 4.69) is 20.9 Å². The summed E-state index contributed by atoms with van der Waals surface area (Å²) >= 11 is 9.40. The van der Waals surface area contributed by atoms with Crippen LogP contribution in [0.3, 0.4) is 0 Å². The zero-order valence-corrected chi connectivity index (χ0v) is 10.3. The van der Waals surface area contributed by atoms with Crippen LogP contribution in [0.15, 0.2) is 42.5 Å². The van der Waals surface area contributed by atoms with Gasteiger partial charge in [-0.05, 0) is 6.07 Å². The van der Waals surface area contributed by atoms with Gasteiger partial charge in [-0.25, -0.2) is 4.98 Å². The Bertz CT molecular complexity index is 456. The third-order valence-corrected chi connectivity index (χ3v) is 3.07. The number of hydrogen-bond donors (Lipinski definition) is 0. The topological polar surface area (TPSA) is 12.9 Å². The highest BCUT2D eigenvalue weighted by Gasteiger charge is 2.03. The van der Waals surface area contributed by atoms with Crippen LogP contribution < -0.4 is 0 Å². The molecule has 2 aromatic rings. The van der Waals surface area contributed by atoms with Gasteiger partial charge in [0.05, 0.1) is 5.69 Å². The van der Waals surface area contributed by atoms with Crippen molar-refractivity contribution < 1.29 is 0 Å². The Morgan fingerprint density at radius 3 is 2.40 bits per heavy atom.